The number of aryl methyl sites for hydroxylation is 3. The first-order valence-electron chi connectivity index (χ1n) is 16.8. The van der Waals surface area contributed by atoms with Gasteiger partial charge in [-0.05, 0) is 95.5 Å². The van der Waals surface area contributed by atoms with Gasteiger partial charge >= 0.3 is 0 Å². The van der Waals surface area contributed by atoms with E-state index >= 15 is 0 Å². The summed E-state index contributed by atoms with van der Waals surface area (Å²) in [5, 5.41) is 2.55. The van der Waals surface area contributed by atoms with Crippen LogP contribution in [0.3, 0.4) is 0 Å². The van der Waals surface area contributed by atoms with Crippen molar-refractivity contribution >= 4 is 35.3 Å². The number of furan rings is 1. The van der Waals surface area contributed by atoms with E-state index in [1.54, 1.807) is 18.5 Å². The summed E-state index contributed by atoms with van der Waals surface area (Å²) >= 11 is 0. The molecule has 7 rings (SSSR count). The molecular formula is C43H42FIrN3OSi-2. The summed E-state index contributed by atoms with van der Waals surface area (Å²) in [6.45, 7) is 18.1. The second-order valence-electron chi connectivity index (χ2n) is 14.2. The fraction of sp³-hybridized carbons (Fsp3) is 0.233. The van der Waals surface area contributed by atoms with Crippen LogP contribution in [0.5, 0.6) is 0 Å². The first-order chi connectivity index (χ1) is 23.4. The molecule has 0 unspecified atom stereocenters. The van der Waals surface area contributed by atoms with Gasteiger partial charge < -0.3 is 14.4 Å². The normalized spacial score (nSPS) is 11.4. The quantitative estimate of drug-likeness (QED) is 0.124. The number of halogens is 1. The standard InChI is InChI=1S/C25H18FN2O.C18H24NSi.Ir/c1-14-11-15(2)22(16(3)12-14)17-8-10-27-21(13-17)18-6-7-20(26)23-19-5-4-9-28-25(19)29-24(18)23;1-14(2)11-16-12-17(15-9-7-6-8-10-15)19-13-18(16)20(3,4)5;/h4-5,7-13H,1-3H3;6-9,12-14H,11H2,1-5H3;/q2*-1;. The second-order valence-corrected chi connectivity index (χ2v) is 19.3. The molecule has 0 bridgehead atoms. The number of pyridine rings is 3. The summed E-state index contributed by atoms with van der Waals surface area (Å²) < 4.78 is 20.5. The molecule has 7 aromatic rings. The van der Waals surface area contributed by atoms with Crippen LogP contribution in [0.1, 0.15) is 36.1 Å². The predicted molar refractivity (Wildman–Crippen MR) is 203 cm³/mol. The van der Waals surface area contributed by atoms with Crippen LogP contribution in [0.15, 0.2) is 95.8 Å². The minimum Gasteiger partial charge on any atom is -0.486 e. The Morgan fingerprint density at radius 1 is 0.840 bits per heavy atom. The molecule has 0 N–H and O–H groups in total. The maximum absolute atomic E-state index is 14.6. The van der Waals surface area contributed by atoms with Crippen LogP contribution in [0, 0.1) is 44.6 Å². The molecule has 0 fully saturated rings. The molecule has 7 heteroatoms. The monoisotopic (exact) mass is 856 g/mol. The first kappa shape index (κ1) is 37.0. The molecule has 50 heavy (non-hydrogen) atoms. The second kappa shape index (κ2) is 15.3. The predicted octanol–water partition coefficient (Wildman–Crippen LogP) is 10.9. The number of fused-ring (bicyclic) bond motifs is 3. The Bertz CT molecular complexity index is 2250. The van der Waals surface area contributed by atoms with E-state index in [9.17, 15) is 4.39 Å². The zero-order valence-electron chi connectivity index (χ0n) is 29.9. The van der Waals surface area contributed by atoms with Gasteiger partial charge in [0.2, 0.25) is 5.71 Å². The summed E-state index contributed by atoms with van der Waals surface area (Å²) in [4.78, 5) is 13.4. The first-order valence-corrected chi connectivity index (χ1v) is 20.3. The van der Waals surface area contributed by atoms with Crippen LogP contribution in [-0.2, 0) is 26.5 Å². The van der Waals surface area contributed by atoms with Crippen molar-refractivity contribution in [1.29, 1.82) is 0 Å². The zero-order chi connectivity index (χ0) is 34.9. The van der Waals surface area contributed by atoms with E-state index < -0.39 is 8.07 Å². The van der Waals surface area contributed by atoms with E-state index in [1.165, 1.54) is 39.1 Å². The van der Waals surface area contributed by atoms with Crippen LogP contribution in [0.25, 0.3) is 55.7 Å². The van der Waals surface area contributed by atoms with Crippen LogP contribution in [0.4, 0.5) is 4.39 Å². The number of benzene rings is 3. The third-order valence-electron chi connectivity index (χ3n) is 8.67. The van der Waals surface area contributed by atoms with Gasteiger partial charge in [-0.1, -0.05) is 74.4 Å². The Morgan fingerprint density at radius 2 is 1.60 bits per heavy atom. The third-order valence-corrected chi connectivity index (χ3v) is 10.7. The molecule has 0 aliphatic carbocycles. The van der Waals surface area contributed by atoms with E-state index in [4.69, 9.17) is 4.42 Å². The van der Waals surface area contributed by atoms with Crippen molar-refractivity contribution in [3.8, 4) is 33.6 Å². The van der Waals surface area contributed by atoms with E-state index in [1.807, 2.05) is 36.4 Å². The van der Waals surface area contributed by atoms with Crippen molar-refractivity contribution in [1.82, 2.24) is 15.0 Å². The van der Waals surface area contributed by atoms with Crippen LogP contribution < -0.4 is 5.19 Å². The third kappa shape index (κ3) is 7.86. The molecule has 0 amide bonds. The Balaban J connectivity index is 0.000000204. The summed E-state index contributed by atoms with van der Waals surface area (Å²) in [6.07, 6.45) is 6.64. The van der Waals surface area contributed by atoms with Gasteiger partial charge in [-0.2, -0.15) is 0 Å². The molecule has 0 saturated heterocycles. The van der Waals surface area contributed by atoms with Crippen molar-refractivity contribution in [3.63, 3.8) is 0 Å². The van der Waals surface area contributed by atoms with Gasteiger partial charge in [0.1, 0.15) is 0 Å². The maximum atomic E-state index is 14.6. The Kier molecular flexibility index (Phi) is 11.3. The molecule has 4 nitrogen and oxygen atoms in total. The molecule has 4 aromatic heterocycles. The smallest absolute Gasteiger partial charge is 0.216 e. The van der Waals surface area contributed by atoms with Crippen molar-refractivity contribution in [2.24, 2.45) is 5.92 Å². The average molecular weight is 856 g/mol. The number of rotatable bonds is 6. The largest absolute Gasteiger partial charge is 0.486 e. The van der Waals surface area contributed by atoms with Crippen molar-refractivity contribution < 1.29 is 28.9 Å². The Morgan fingerprint density at radius 3 is 2.28 bits per heavy atom. The Hall–Kier alpha value is -4.29. The molecule has 3 aromatic carbocycles. The fourth-order valence-corrected chi connectivity index (χ4v) is 8.24. The van der Waals surface area contributed by atoms with Gasteiger partial charge in [-0.3, -0.25) is 4.39 Å². The van der Waals surface area contributed by atoms with Gasteiger partial charge in [0.25, 0.3) is 0 Å². The van der Waals surface area contributed by atoms with Crippen LogP contribution >= 0.6 is 0 Å². The van der Waals surface area contributed by atoms with Crippen molar-refractivity contribution in [2.45, 2.75) is 60.7 Å². The summed E-state index contributed by atoms with van der Waals surface area (Å²) in [5.41, 5.74) is 11.6. The van der Waals surface area contributed by atoms with Crippen molar-refractivity contribution in [2.75, 3.05) is 0 Å². The van der Waals surface area contributed by atoms with Crippen LogP contribution in [0.2, 0.25) is 19.6 Å². The molecule has 4 heterocycles. The molecule has 257 valence electrons. The minimum atomic E-state index is -1.34. The van der Waals surface area contributed by atoms with E-state index in [2.05, 4.69) is 112 Å². The maximum Gasteiger partial charge on any atom is 0.216 e. The zero-order valence-corrected chi connectivity index (χ0v) is 33.3. The van der Waals surface area contributed by atoms with Crippen molar-refractivity contribution in [3.05, 3.63) is 132 Å². The molecule has 0 saturated carbocycles. The molecule has 0 spiro atoms. The SMILES string of the molecule is CC(C)Cc1cc(-c2[c-]cccc2)ncc1[Si](C)(C)C.Cc1cc(C)c(-c2ccnc(-c3[c-]cc(F)c4c3oc3ncccc34)c2)c(C)c1.[Ir]. The number of nitrogens with zero attached hydrogens (tertiary/aromatic N) is 3. The average Bonchev–Trinajstić information content (AvgIpc) is 3.45. The van der Waals surface area contributed by atoms with Crippen LogP contribution in [-0.4, -0.2) is 23.0 Å². The summed E-state index contributed by atoms with van der Waals surface area (Å²) in [7, 11) is -1.34. The van der Waals surface area contributed by atoms with Gasteiger partial charge in [-0.15, -0.1) is 48.0 Å². The van der Waals surface area contributed by atoms with Gasteiger partial charge in [-0.25, -0.2) is 4.98 Å². The summed E-state index contributed by atoms with van der Waals surface area (Å²) in [5.74, 6) is 0.289. The molecule has 0 aliphatic rings. The number of hydrogen-bond acceptors (Lipinski definition) is 4. The van der Waals surface area contributed by atoms with E-state index in [0.29, 0.717) is 39.2 Å². The molecule has 0 atom stereocenters. The number of aromatic nitrogens is 3. The van der Waals surface area contributed by atoms with E-state index in [0.717, 1.165) is 23.2 Å². The topological polar surface area (TPSA) is 51.8 Å². The fourth-order valence-electron chi connectivity index (χ4n) is 6.65. The summed E-state index contributed by atoms with van der Waals surface area (Å²) in [6, 6.07) is 29.9. The van der Waals surface area contributed by atoms with E-state index in [-0.39, 0.29) is 25.9 Å². The molecule has 1 radical (unpaired) electrons. The van der Waals surface area contributed by atoms with Gasteiger partial charge in [0, 0.05) is 49.9 Å². The Labute approximate surface area is 309 Å². The molecular weight excluding hydrogens is 814 g/mol. The molecule has 0 aliphatic heterocycles. The van der Waals surface area contributed by atoms with Gasteiger partial charge in [0.15, 0.2) is 0 Å². The van der Waals surface area contributed by atoms with Gasteiger partial charge in [0.05, 0.1) is 13.7 Å². The number of hydrogen-bond donors (Lipinski definition) is 0. The minimum absolute atomic E-state index is 0.